The molecule has 0 spiro atoms. The number of benzene rings is 1. The van der Waals surface area contributed by atoms with Gasteiger partial charge in [-0.3, -0.25) is 4.79 Å². The van der Waals surface area contributed by atoms with Crippen LogP contribution in [0.25, 0.3) is 0 Å². The van der Waals surface area contributed by atoms with E-state index in [0.29, 0.717) is 23.7 Å². The van der Waals surface area contributed by atoms with Gasteiger partial charge in [0.25, 0.3) is 0 Å². The van der Waals surface area contributed by atoms with Crippen molar-refractivity contribution < 1.29 is 19.2 Å². The standard InChI is InChI=1S/C19H29NO3/c1-15-11-16(2)13-20(12-15)9-4-5-10-23-19-17(14-21)7-6-8-18(19)22-3/h6-8,14-16H,4-5,9-13H2,1-3H3/p+1/t15-,16+. The van der Waals surface area contributed by atoms with Crippen molar-refractivity contribution in [1.29, 1.82) is 0 Å². The molecule has 3 atom stereocenters. The summed E-state index contributed by atoms with van der Waals surface area (Å²) in [5, 5.41) is 0. The Kier molecular flexibility index (Phi) is 6.90. The van der Waals surface area contributed by atoms with E-state index in [0.717, 1.165) is 31.0 Å². The minimum atomic E-state index is 0.550. The summed E-state index contributed by atoms with van der Waals surface area (Å²) < 4.78 is 11.1. The molecule has 128 valence electrons. The highest BCUT2D eigenvalue weighted by molar-refractivity contribution is 5.81. The molecule has 0 aromatic heterocycles. The van der Waals surface area contributed by atoms with E-state index in [1.54, 1.807) is 24.1 Å². The van der Waals surface area contributed by atoms with Crippen LogP contribution >= 0.6 is 0 Å². The van der Waals surface area contributed by atoms with Gasteiger partial charge in [-0.05, 0) is 31.4 Å². The first-order valence-corrected chi connectivity index (χ1v) is 8.72. The van der Waals surface area contributed by atoms with Crippen LogP contribution in [-0.2, 0) is 0 Å². The van der Waals surface area contributed by atoms with Crippen LogP contribution in [-0.4, -0.2) is 39.6 Å². The molecule has 0 amide bonds. The van der Waals surface area contributed by atoms with Crippen molar-refractivity contribution in [3.63, 3.8) is 0 Å². The van der Waals surface area contributed by atoms with E-state index in [1.165, 1.54) is 26.1 Å². The first-order valence-electron chi connectivity index (χ1n) is 8.72. The van der Waals surface area contributed by atoms with Crippen molar-refractivity contribution in [3.05, 3.63) is 23.8 Å². The number of carbonyl (C=O) groups excluding carboxylic acids is 1. The first-order chi connectivity index (χ1) is 11.1. The second kappa shape index (κ2) is 8.92. The van der Waals surface area contributed by atoms with Crippen molar-refractivity contribution in [2.45, 2.75) is 33.1 Å². The monoisotopic (exact) mass is 320 g/mol. The highest BCUT2D eigenvalue weighted by atomic mass is 16.5. The molecule has 1 fully saturated rings. The molecule has 1 aliphatic rings. The van der Waals surface area contributed by atoms with E-state index in [-0.39, 0.29) is 0 Å². The van der Waals surface area contributed by atoms with Gasteiger partial charge in [0.1, 0.15) is 0 Å². The molecule has 1 saturated heterocycles. The molecule has 1 unspecified atom stereocenters. The van der Waals surface area contributed by atoms with E-state index in [1.807, 2.05) is 6.07 Å². The molecule has 23 heavy (non-hydrogen) atoms. The van der Waals surface area contributed by atoms with E-state index in [9.17, 15) is 4.79 Å². The molecule has 1 aliphatic heterocycles. The molecule has 4 nitrogen and oxygen atoms in total. The lowest BCUT2D eigenvalue weighted by molar-refractivity contribution is -0.912. The number of carbonyl (C=O) groups is 1. The second-order valence-electron chi connectivity index (χ2n) is 6.91. The van der Waals surface area contributed by atoms with E-state index >= 15 is 0 Å². The summed E-state index contributed by atoms with van der Waals surface area (Å²) in [7, 11) is 1.60. The Morgan fingerprint density at radius 1 is 1.22 bits per heavy atom. The summed E-state index contributed by atoms with van der Waals surface area (Å²) in [4.78, 5) is 12.8. The molecular formula is C19H30NO3+. The lowest BCUT2D eigenvalue weighted by Gasteiger charge is -2.32. The van der Waals surface area contributed by atoms with Gasteiger partial charge in [0, 0.05) is 11.8 Å². The summed E-state index contributed by atoms with van der Waals surface area (Å²) >= 11 is 0. The average molecular weight is 320 g/mol. The van der Waals surface area contributed by atoms with Crippen molar-refractivity contribution >= 4 is 6.29 Å². The Morgan fingerprint density at radius 2 is 1.96 bits per heavy atom. The highest BCUT2D eigenvalue weighted by Gasteiger charge is 2.24. The van der Waals surface area contributed by atoms with Gasteiger partial charge in [0.2, 0.25) is 0 Å². The van der Waals surface area contributed by atoms with Gasteiger partial charge in [0.15, 0.2) is 17.8 Å². The van der Waals surface area contributed by atoms with Crippen molar-refractivity contribution in [2.24, 2.45) is 11.8 Å². The third kappa shape index (κ3) is 5.24. The minimum absolute atomic E-state index is 0.550. The number of quaternary nitrogens is 1. The summed E-state index contributed by atoms with van der Waals surface area (Å²) in [6, 6.07) is 5.38. The van der Waals surface area contributed by atoms with Crippen LogP contribution in [0.5, 0.6) is 11.5 Å². The summed E-state index contributed by atoms with van der Waals surface area (Å²) in [5.41, 5.74) is 0.550. The van der Waals surface area contributed by atoms with Crippen LogP contribution in [0, 0.1) is 11.8 Å². The Hall–Kier alpha value is -1.55. The Morgan fingerprint density at radius 3 is 2.61 bits per heavy atom. The predicted octanol–water partition coefficient (Wildman–Crippen LogP) is 2.23. The summed E-state index contributed by atoms with van der Waals surface area (Å²) in [6.07, 6.45) is 4.34. The number of para-hydroxylation sites is 1. The molecule has 4 heteroatoms. The number of hydrogen-bond acceptors (Lipinski definition) is 3. The van der Waals surface area contributed by atoms with Gasteiger partial charge in [0.05, 0.1) is 38.9 Å². The number of ether oxygens (including phenoxy) is 2. The normalized spacial score (nSPS) is 24.2. The highest BCUT2D eigenvalue weighted by Crippen LogP contribution is 2.30. The minimum Gasteiger partial charge on any atom is -0.493 e. The van der Waals surface area contributed by atoms with Gasteiger partial charge >= 0.3 is 0 Å². The van der Waals surface area contributed by atoms with E-state index in [4.69, 9.17) is 9.47 Å². The number of piperidine rings is 1. The number of aldehydes is 1. The molecule has 2 rings (SSSR count). The van der Waals surface area contributed by atoms with Crippen molar-refractivity contribution in [3.8, 4) is 11.5 Å². The number of hydrogen-bond donors (Lipinski definition) is 1. The predicted molar refractivity (Wildman–Crippen MR) is 91.6 cm³/mol. The maximum atomic E-state index is 11.1. The lowest BCUT2D eigenvalue weighted by Crippen LogP contribution is -3.14. The molecule has 0 saturated carbocycles. The Labute approximate surface area is 139 Å². The maximum absolute atomic E-state index is 11.1. The van der Waals surface area contributed by atoms with E-state index < -0.39 is 0 Å². The zero-order valence-electron chi connectivity index (χ0n) is 14.6. The Bertz CT molecular complexity index is 493. The Balaban J connectivity index is 1.74. The summed E-state index contributed by atoms with van der Waals surface area (Å²) in [5.74, 6) is 2.87. The zero-order chi connectivity index (χ0) is 16.7. The number of unbranched alkanes of at least 4 members (excludes halogenated alkanes) is 1. The molecule has 0 aliphatic carbocycles. The van der Waals surface area contributed by atoms with Crippen molar-refractivity contribution in [2.75, 3.05) is 33.4 Å². The molecule has 1 aromatic rings. The van der Waals surface area contributed by atoms with Gasteiger partial charge in [-0.2, -0.15) is 0 Å². The SMILES string of the molecule is COc1cccc(C=O)c1OCCCC[NH+]1C[C@H](C)C[C@H](C)C1. The van der Waals surface area contributed by atoms with Crippen LogP contribution in [0.1, 0.15) is 43.5 Å². The molecule has 1 heterocycles. The third-order valence-corrected chi connectivity index (χ3v) is 4.61. The quantitative estimate of drug-likeness (QED) is 0.590. The molecule has 1 aromatic carbocycles. The average Bonchev–Trinajstić information content (AvgIpc) is 2.53. The fourth-order valence-corrected chi connectivity index (χ4v) is 3.72. The van der Waals surface area contributed by atoms with Gasteiger partial charge in [-0.1, -0.05) is 19.9 Å². The maximum Gasteiger partial charge on any atom is 0.171 e. The van der Waals surface area contributed by atoms with Crippen molar-refractivity contribution in [1.82, 2.24) is 0 Å². The molecule has 0 radical (unpaired) electrons. The van der Waals surface area contributed by atoms with Crippen LogP contribution in [0.2, 0.25) is 0 Å². The van der Waals surface area contributed by atoms with Gasteiger partial charge in [-0.25, -0.2) is 0 Å². The van der Waals surface area contributed by atoms with Crippen LogP contribution in [0.4, 0.5) is 0 Å². The molecular weight excluding hydrogens is 290 g/mol. The lowest BCUT2D eigenvalue weighted by atomic mass is 9.92. The van der Waals surface area contributed by atoms with Gasteiger partial charge in [-0.15, -0.1) is 0 Å². The largest absolute Gasteiger partial charge is 0.493 e. The smallest absolute Gasteiger partial charge is 0.171 e. The topological polar surface area (TPSA) is 40.0 Å². The van der Waals surface area contributed by atoms with Gasteiger partial charge < -0.3 is 14.4 Å². The van der Waals surface area contributed by atoms with Crippen LogP contribution in [0.15, 0.2) is 18.2 Å². The third-order valence-electron chi connectivity index (χ3n) is 4.61. The number of methoxy groups -OCH3 is 1. The van der Waals surface area contributed by atoms with Crippen LogP contribution < -0.4 is 14.4 Å². The second-order valence-corrected chi connectivity index (χ2v) is 6.91. The number of likely N-dealkylation sites (tertiary alicyclic amines) is 1. The van der Waals surface area contributed by atoms with E-state index in [2.05, 4.69) is 13.8 Å². The fraction of sp³-hybridized carbons (Fsp3) is 0.632. The molecule has 1 N–H and O–H groups in total. The number of nitrogens with one attached hydrogen (secondary N) is 1. The fourth-order valence-electron chi connectivity index (χ4n) is 3.72. The zero-order valence-corrected chi connectivity index (χ0v) is 14.6. The summed E-state index contributed by atoms with van der Waals surface area (Å²) in [6.45, 7) is 9.16. The molecule has 0 bridgehead atoms. The number of rotatable bonds is 8. The first kappa shape index (κ1) is 17.8. The van der Waals surface area contributed by atoms with Crippen LogP contribution in [0.3, 0.4) is 0 Å².